The molecule has 0 N–H and O–H groups in total. The van der Waals surface area contributed by atoms with E-state index in [4.69, 9.17) is 7.56 Å². The van der Waals surface area contributed by atoms with Crippen LogP contribution in [0.2, 0.25) is 17.7 Å². The molecule has 3 nitrogen and oxygen atoms in total. The van der Waals surface area contributed by atoms with E-state index in [9.17, 15) is 0 Å². The predicted molar refractivity (Wildman–Crippen MR) is 124 cm³/mol. The predicted octanol–water partition coefficient (Wildman–Crippen LogP) is 7.94. The molecule has 0 spiro atoms. The third-order valence-corrected chi connectivity index (χ3v) is 39.2. The zero-order chi connectivity index (χ0) is 20.8. The van der Waals surface area contributed by atoms with Gasteiger partial charge < -0.3 is 0 Å². The summed E-state index contributed by atoms with van der Waals surface area (Å²) in [5, 5.41) is 0. The van der Waals surface area contributed by atoms with E-state index in [1.165, 1.54) is 69.1 Å². The first-order valence-electron chi connectivity index (χ1n) is 11.8. The maximum atomic E-state index is 7.43. The Balaban J connectivity index is 5.82. The maximum absolute atomic E-state index is 7.43. The molecule has 0 saturated carbocycles. The summed E-state index contributed by atoms with van der Waals surface area (Å²) in [4.78, 5) is 0. The fourth-order valence-electron chi connectivity index (χ4n) is 3.72. The van der Waals surface area contributed by atoms with Gasteiger partial charge in [-0.05, 0) is 0 Å². The summed E-state index contributed by atoms with van der Waals surface area (Å²) in [7, 11) is 0. The first kappa shape index (κ1) is 28.5. The third-order valence-electron chi connectivity index (χ3n) is 4.92. The zero-order valence-corrected chi connectivity index (χ0v) is 25.6. The Morgan fingerprint density at radius 1 is 0.519 bits per heavy atom. The van der Waals surface area contributed by atoms with Gasteiger partial charge in [-0.2, -0.15) is 0 Å². The molecular weight excluding hydrogens is 550 g/mol. The van der Waals surface area contributed by atoms with Crippen molar-refractivity contribution in [3.63, 3.8) is 0 Å². The van der Waals surface area contributed by atoms with Gasteiger partial charge in [0.1, 0.15) is 0 Å². The van der Waals surface area contributed by atoms with Crippen molar-refractivity contribution in [3.8, 4) is 0 Å². The van der Waals surface area contributed by atoms with E-state index in [1.807, 2.05) is 0 Å². The quantitative estimate of drug-likeness (QED) is 0.150. The number of hydrogen-bond acceptors (Lipinski definition) is 3. The van der Waals surface area contributed by atoms with E-state index >= 15 is 0 Å². The van der Waals surface area contributed by atoms with Crippen molar-refractivity contribution in [1.82, 2.24) is 0 Å². The first-order chi connectivity index (χ1) is 12.8. The van der Waals surface area contributed by atoms with Gasteiger partial charge in [-0.15, -0.1) is 0 Å². The standard InChI is InChI=1S/4C4H9.2C3H7O.O.2Sn/c4*1-3-4-2;2*1-3(2)4;;;/h4*1,3-4H2,2H3;2*3H,1-2H3;;;/q;;;;2*-1;;2*+1. The molecule has 0 heterocycles. The van der Waals surface area contributed by atoms with Gasteiger partial charge in [0.25, 0.3) is 0 Å². The molecule has 0 bridgehead atoms. The molecule has 0 aliphatic heterocycles. The van der Waals surface area contributed by atoms with Gasteiger partial charge in [-0.3, -0.25) is 0 Å². The van der Waals surface area contributed by atoms with Gasteiger partial charge in [0.15, 0.2) is 0 Å². The summed E-state index contributed by atoms with van der Waals surface area (Å²) < 4.78 is 25.9. The Hall–Kier alpha value is 1.48. The molecule has 27 heavy (non-hydrogen) atoms. The molecule has 0 unspecified atom stereocenters. The minimum atomic E-state index is -3.15. The fourth-order valence-corrected chi connectivity index (χ4v) is 47.6. The molecule has 0 aromatic rings. The zero-order valence-electron chi connectivity index (χ0n) is 19.9. The van der Waals surface area contributed by atoms with Gasteiger partial charge in [-0.1, -0.05) is 0 Å². The van der Waals surface area contributed by atoms with Gasteiger partial charge in [0.05, 0.1) is 0 Å². The Bertz CT molecular complexity index is 300. The van der Waals surface area contributed by atoms with Crippen LogP contribution >= 0.6 is 0 Å². The fraction of sp³-hybridized carbons (Fsp3) is 1.00. The molecule has 0 radical (unpaired) electrons. The molecule has 0 aromatic carbocycles. The molecule has 0 aliphatic rings. The second-order valence-corrected chi connectivity index (χ2v) is 30.6. The Morgan fingerprint density at radius 3 is 0.963 bits per heavy atom. The topological polar surface area (TPSA) is 27.7 Å². The number of unbranched alkanes of at least 4 members (excludes halogenated alkanes) is 4. The molecule has 0 saturated heterocycles. The van der Waals surface area contributed by atoms with E-state index in [2.05, 4.69) is 55.4 Å². The Kier molecular flexibility index (Phi) is 17.1. The Labute approximate surface area is 181 Å². The van der Waals surface area contributed by atoms with Crippen molar-refractivity contribution in [3.05, 3.63) is 0 Å². The van der Waals surface area contributed by atoms with Gasteiger partial charge in [0.2, 0.25) is 0 Å². The summed E-state index contributed by atoms with van der Waals surface area (Å²) >= 11 is -6.31. The summed E-state index contributed by atoms with van der Waals surface area (Å²) in [6, 6.07) is 0. The van der Waals surface area contributed by atoms with Crippen LogP contribution in [0.1, 0.15) is 107 Å². The van der Waals surface area contributed by atoms with E-state index in [1.54, 1.807) is 0 Å². The monoisotopic (exact) mass is 602 g/mol. The normalized spacial score (nSPS) is 13.1. The molecule has 0 rings (SSSR count). The number of hydrogen-bond donors (Lipinski definition) is 0. The van der Waals surface area contributed by atoms with E-state index in [-0.39, 0.29) is 12.2 Å². The van der Waals surface area contributed by atoms with Crippen LogP contribution in [0.3, 0.4) is 0 Å². The van der Waals surface area contributed by atoms with Crippen LogP contribution in [0.15, 0.2) is 0 Å². The van der Waals surface area contributed by atoms with E-state index in [0.717, 1.165) is 0 Å². The van der Waals surface area contributed by atoms with Crippen LogP contribution in [-0.4, -0.2) is 50.6 Å². The molecule has 0 aliphatic carbocycles. The second kappa shape index (κ2) is 16.2. The van der Waals surface area contributed by atoms with Gasteiger partial charge >= 0.3 is 183 Å². The molecule has 0 aromatic heterocycles. The van der Waals surface area contributed by atoms with E-state index < -0.39 is 38.4 Å². The first-order valence-corrected chi connectivity index (χ1v) is 24.6. The average molecular weight is 600 g/mol. The van der Waals surface area contributed by atoms with Crippen molar-refractivity contribution in [1.29, 1.82) is 0 Å². The van der Waals surface area contributed by atoms with Crippen LogP contribution in [-0.2, 0) is 7.56 Å². The van der Waals surface area contributed by atoms with Crippen molar-refractivity contribution in [2.24, 2.45) is 0 Å². The van der Waals surface area contributed by atoms with Crippen LogP contribution in [0.25, 0.3) is 0 Å². The molecule has 0 amide bonds. The summed E-state index contributed by atoms with van der Waals surface area (Å²) in [6.07, 6.45) is 10.5. The van der Waals surface area contributed by atoms with Crippen LogP contribution in [0, 0.1) is 0 Å². The third kappa shape index (κ3) is 12.7. The Morgan fingerprint density at radius 2 is 0.778 bits per heavy atom. The van der Waals surface area contributed by atoms with Crippen LogP contribution in [0.5, 0.6) is 0 Å². The van der Waals surface area contributed by atoms with E-state index in [0.29, 0.717) is 0 Å². The summed E-state index contributed by atoms with van der Waals surface area (Å²) in [5.74, 6) is 0. The van der Waals surface area contributed by atoms with Gasteiger partial charge in [-0.25, -0.2) is 0 Å². The molecule has 0 atom stereocenters. The molecular formula is C22H50O3Sn2. The minimum absolute atomic E-state index is 0.273. The van der Waals surface area contributed by atoms with Crippen LogP contribution in [0.4, 0.5) is 0 Å². The summed E-state index contributed by atoms with van der Waals surface area (Å²) in [6.45, 7) is 18.0. The molecule has 0 fully saturated rings. The molecule has 164 valence electrons. The van der Waals surface area contributed by atoms with Gasteiger partial charge in [0, 0.05) is 0 Å². The molecule has 5 heteroatoms. The second-order valence-electron chi connectivity index (χ2n) is 8.67. The van der Waals surface area contributed by atoms with Crippen molar-refractivity contribution in [2.45, 2.75) is 137 Å². The van der Waals surface area contributed by atoms with Crippen molar-refractivity contribution in [2.75, 3.05) is 0 Å². The number of rotatable bonds is 18. The van der Waals surface area contributed by atoms with Crippen molar-refractivity contribution >= 4 is 38.4 Å². The average Bonchev–Trinajstić information content (AvgIpc) is 2.60. The van der Waals surface area contributed by atoms with Crippen LogP contribution < -0.4 is 0 Å². The summed E-state index contributed by atoms with van der Waals surface area (Å²) in [5.41, 5.74) is 0. The SMILES string of the molecule is CCC[CH2][Sn]([CH2]CCC)([O]C(C)C)[O][Sn]([CH2]CCC)([CH2]CCC)[O]C(C)C. The van der Waals surface area contributed by atoms with Crippen molar-refractivity contribution < 1.29 is 7.56 Å².